The van der Waals surface area contributed by atoms with Gasteiger partial charge in [-0.15, -0.1) is 0 Å². The zero-order valence-electron chi connectivity index (χ0n) is 12.7. The van der Waals surface area contributed by atoms with Gasteiger partial charge in [-0.1, -0.05) is 13.3 Å². The minimum absolute atomic E-state index is 0.140. The van der Waals surface area contributed by atoms with Gasteiger partial charge in [0.1, 0.15) is 0 Å². The summed E-state index contributed by atoms with van der Waals surface area (Å²) in [5, 5.41) is 0. The van der Waals surface area contributed by atoms with Crippen molar-refractivity contribution in [3.8, 4) is 0 Å². The highest BCUT2D eigenvalue weighted by Gasteiger charge is 2.50. The lowest BCUT2D eigenvalue weighted by molar-refractivity contribution is -0.155. The predicted molar refractivity (Wildman–Crippen MR) is 77.3 cm³/mol. The van der Waals surface area contributed by atoms with E-state index in [4.69, 9.17) is 0 Å². The molecule has 3 fully saturated rings. The Morgan fingerprint density at radius 3 is 2.45 bits per heavy atom. The van der Waals surface area contributed by atoms with Crippen molar-refractivity contribution >= 4 is 5.91 Å². The molecule has 0 bridgehead atoms. The number of amides is 1. The van der Waals surface area contributed by atoms with E-state index in [1.165, 1.54) is 25.7 Å². The van der Waals surface area contributed by atoms with Crippen molar-refractivity contribution in [2.24, 2.45) is 0 Å². The number of hydrogen-bond donors (Lipinski definition) is 0. The number of rotatable bonds is 2. The molecule has 3 nitrogen and oxygen atoms in total. The van der Waals surface area contributed by atoms with Crippen LogP contribution in [0.1, 0.15) is 58.3 Å². The monoisotopic (exact) mass is 282 g/mol. The summed E-state index contributed by atoms with van der Waals surface area (Å²) < 4.78 is 14.4. The molecule has 0 aromatic heterocycles. The first-order valence-corrected chi connectivity index (χ1v) is 8.33. The van der Waals surface area contributed by atoms with Crippen molar-refractivity contribution < 1.29 is 9.18 Å². The summed E-state index contributed by atoms with van der Waals surface area (Å²) in [5.74, 6) is -0.218. The summed E-state index contributed by atoms with van der Waals surface area (Å²) >= 11 is 0. The maximum atomic E-state index is 14.4. The fourth-order valence-corrected chi connectivity index (χ4v) is 4.38. The molecule has 4 heteroatoms. The molecule has 114 valence electrons. The van der Waals surface area contributed by atoms with Crippen LogP contribution in [0.5, 0.6) is 0 Å². The van der Waals surface area contributed by atoms with Gasteiger partial charge in [-0.25, -0.2) is 4.39 Å². The number of alkyl halides is 1. The lowest BCUT2D eigenvalue weighted by atomic mass is 9.77. The molecule has 20 heavy (non-hydrogen) atoms. The molecule has 2 saturated heterocycles. The molecule has 2 heterocycles. The molecule has 0 aromatic rings. The molecular formula is C16H27FN2O. The molecule has 1 unspecified atom stereocenters. The van der Waals surface area contributed by atoms with Crippen LogP contribution < -0.4 is 0 Å². The average Bonchev–Trinajstić information content (AvgIpc) is 2.44. The third-order valence-electron chi connectivity index (χ3n) is 5.74. The number of likely N-dealkylation sites (tertiary alicyclic amines) is 2. The highest BCUT2D eigenvalue weighted by atomic mass is 19.1. The lowest BCUT2D eigenvalue weighted by Crippen LogP contribution is -2.63. The molecule has 0 N–H and O–H groups in total. The van der Waals surface area contributed by atoms with Gasteiger partial charge in [0.15, 0.2) is 5.67 Å². The Bertz CT molecular complexity index is 379. The Morgan fingerprint density at radius 2 is 1.80 bits per heavy atom. The fourth-order valence-electron chi connectivity index (χ4n) is 4.38. The third-order valence-corrected chi connectivity index (χ3v) is 5.74. The second kappa shape index (κ2) is 5.28. The number of piperidine rings is 2. The molecule has 3 rings (SSSR count). The molecule has 1 spiro atoms. The number of nitrogens with zero attached hydrogens (tertiary/aromatic N) is 2. The summed E-state index contributed by atoms with van der Waals surface area (Å²) in [6, 6.07) is 0. The molecule has 1 amide bonds. The SMILES string of the molecule is CCN1CCCCC12CCCN(C(=O)C1(F)CCC1)C2. The Labute approximate surface area is 121 Å². The highest BCUT2D eigenvalue weighted by Crippen LogP contribution is 2.41. The summed E-state index contributed by atoms with van der Waals surface area (Å²) in [7, 11) is 0. The van der Waals surface area contributed by atoms with Crippen LogP contribution in [0.15, 0.2) is 0 Å². The van der Waals surface area contributed by atoms with Crippen LogP contribution in [-0.4, -0.2) is 53.1 Å². The topological polar surface area (TPSA) is 23.6 Å². The van der Waals surface area contributed by atoms with Crippen LogP contribution in [0.25, 0.3) is 0 Å². The number of likely N-dealkylation sites (N-methyl/N-ethyl adjacent to an activating group) is 1. The van der Waals surface area contributed by atoms with E-state index in [2.05, 4.69) is 11.8 Å². The number of hydrogen-bond acceptors (Lipinski definition) is 2. The van der Waals surface area contributed by atoms with Crippen molar-refractivity contribution in [3.63, 3.8) is 0 Å². The Hall–Kier alpha value is -0.640. The number of carbonyl (C=O) groups is 1. The van der Waals surface area contributed by atoms with Crippen molar-refractivity contribution in [2.75, 3.05) is 26.2 Å². The molecule has 2 aliphatic heterocycles. The summed E-state index contributed by atoms with van der Waals surface area (Å²) in [4.78, 5) is 16.8. The minimum atomic E-state index is -1.52. The van der Waals surface area contributed by atoms with Gasteiger partial charge in [0, 0.05) is 18.6 Å². The Balaban J connectivity index is 1.73. The largest absolute Gasteiger partial charge is 0.338 e. The van der Waals surface area contributed by atoms with Crippen molar-refractivity contribution in [1.82, 2.24) is 9.80 Å². The van der Waals surface area contributed by atoms with Crippen LogP contribution >= 0.6 is 0 Å². The quantitative estimate of drug-likeness (QED) is 0.777. The maximum absolute atomic E-state index is 14.4. The highest BCUT2D eigenvalue weighted by molar-refractivity contribution is 5.86. The summed E-state index contributed by atoms with van der Waals surface area (Å²) in [6.07, 6.45) is 7.62. The number of halogens is 1. The van der Waals surface area contributed by atoms with E-state index < -0.39 is 5.67 Å². The van der Waals surface area contributed by atoms with Crippen LogP contribution in [0.2, 0.25) is 0 Å². The molecule has 1 saturated carbocycles. The van der Waals surface area contributed by atoms with E-state index in [1.54, 1.807) is 0 Å². The van der Waals surface area contributed by atoms with Gasteiger partial charge in [0.05, 0.1) is 0 Å². The van der Waals surface area contributed by atoms with E-state index in [-0.39, 0.29) is 11.4 Å². The molecule has 0 radical (unpaired) electrons. The second-order valence-electron chi connectivity index (χ2n) is 6.91. The zero-order chi connectivity index (χ0) is 14.2. The van der Waals surface area contributed by atoms with Crippen LogP contribution in [0.3, 0.4) is 0 Å². The van der Waals surface area contributed by atoms with Gasteiger partial charge in [-0.05, 0) is 58.0 Å². The van der Waals surface area contributed by atoms with Gasteiger partial charge in [0.2, 0.25) is 0 Å². The first-order valence-electron chi connectivity index (χ1n) is 8.33. The van der Waals surface area contributed by atoms with E-state index in [0.29, 0.717) is 12.8 Å². The van der Waals surface area contributed by atoms with Crippen LogP contribution in [-0.2, 0) is 4.79 Å². The van der Waals surface area contributed by atoms with E-state index in [1.807, 2.05) is 4.90 Å². The van der Waals surface area contributed by atoms with Gasteiger partial charge < -0.3 is 4.90 Å². The predicted octanol–water partition coefficient (Wildman–Crippen LogP) is 2.75. The molecule has 3 aliphatic rings. The number of carbonyl (C=O) groups excluding carboxylic acids is 1. The van der Waals surface area contributed by atoms with Gasteiger partial charge >= 0.3 is 0 Å². The smallest absolute Gasteiger partial charge is 0.260 e. The van der Waals surface area contributed by atoms with E-state index >= 15 is 0 Å². The Kier molecular flexibility index (Phi) is 3.78. The van der Waals surface area contributed by atoms with Gasteiger partial charge in [-0.2, -0.15) is 0 Å². The van der Waals surface area contributed by atoms with Crippen LogP contribution in [0, 0.1) is 0 Å². The maximum Gasteiger partial charge on any atom is 0.260 e. The normalized spacial score (nSPS) is 34.0. The summed E-state index contributed by atoms with van der Waals surface area (Å²) in [6.45, 7) is 5.90. The molecular weight excluding hydrogens is 255 g/mol. The third kappa shape index (κ3) is 2.26. The average molecular weight is 282 g/mol. The Morgan fingerprint density at radius 1 is 1.05 bits per heavy atom. The van der Waals surface area contributed by atoms with Crippen molar-refractivity contribution in [1.29, 1.82) is 0 Å². The first kappa shape index (κ1) is 14.3. The van der Waals surface area contributed by atoms with E-state index in [0.717, 1.165) is 39.0 Å². The molecule has 1 atom stereocenters. The second-order valence-corrected chi connectivity index (χ2v) is 6.91. The van der Waals surface area contributed by atoms with Gasteiger partial charge in [0.25, 0.3) is 5.91 Å². The first-order chi connectivity index (χ1) is 9.60. The molecule has 1 aliphatic carbocycles. The van der Waals surface area contributed by atoms with Crippen molar-refractivity contribution in [2.45, 2.75) is 69.5 Å². The minimum Gasteiger partial charge on any atom is -0.338 e. The molecule has 0 aromatic carbocycles. The summed E-state index contributed by atoms with van der Waals surface area (Å²) in [5.41, 5.74) is -1.38. The van der Waals surface area contributed by atoms with Crippen molar-refractivity contribution in [3.05, 3.63) is 0 Å². The van der Waals surface area contributed by atoms with Crippen LogP contribution in [0.4, 0.5) is 4.39 Å². The fraction of sp³-hybridized carbons (Fsp3) is 0.938. The lowest BCUT2D eigenvalue weighted by Gasteiger charge is -2.53. The zero-order valence-corrected chi connectivity index (χ0v) is 12.7. The van der Waals surface area contributed by atoms with Gasteiger partial charge in [-0.3, -0.25) is 9.69 Å². The standard InChI is InChI=1S/C16H27FN2O/c1-2-19-12-4-3-7-15(19)8-6-11-18(13-15)14(20)16(17)9-5-10-16/h2-13H2,1H3. The van der Waals surface area contributed by atoms with E-state index in [9.17, 15) is 9.18 Å².